The summed E-state index contributed by atoms with van der Waals surface area (Å²) in [5, 5.41) is 17.9. The van der Waals surface area contributed by atoms with Crippen molar-refractivity contribution in [3.8, 4) is 0 Å². The number of hydrogen-bond acceptors (Lipinski definition) is 5. The molecule has 0 aliphatic carbocycles. The molecule has 24 heavy (non-hydrogen) atoms. The van der Waals surface area contributed by atoms with Crippen LogP contribution in [0.3, 0.4) is 0 Å². The second kappa shape index (κ2) is 17.6. The van der Waals surface area contributed by atoms with Crippen LogP contribution in [0.5, 0.6) is 0 Å². The molecule has 0 radical (unpaired) electrons. The molecule has 5 nitrogen and oxygen atoms in total. The van der Waals surface area contributed by atoms with Gasteiger partial charge in [0.2, 0.25) is 0 Å². The quantitative estimate of drug-likeness (QED) is 0.124. The minimum absolute atomic E-state index is 0.324. The Morgan fingerprint density at radius 3 is 2.25 bits per heavy atom. The van der Waals surface area contributed by atoms with E-state index in [0.29, 0.717) is 19.3 Å². The van der Waals surface area contributed by atoms with Crippen molar-refractivity contribution >= 4 is 24.6 Å². The van der Waals surface area contributed by atoms with Crippen LogP contribution in [-0.4, -0.2) is 24.6 Å². The van der Waals surface area contributed by atoms with Gasteiger partial charge in [-0.2, -0.15) is 0 Å². The van der Waals surface area contributed by atoms with Gasteiger partial charge in [0.25, 0.3) is 0 Å². The highest BCUT2D eigenvalue weighted by atomic mass is 16.7. The Balaban J connectivity index is 3.71. The SMILES string of the molecule is C=CCCCCCCCC/C=N\OC(=O)C(CC=N)CCCC=N. The van der Waals surface area contributed by atoms with Crippen LogP contribution in [0.2, 0.25) is 0 Å². The number of nitrogens with zero attached hydrogens (tertiary/aromatic N) is 1. The Kier molecular flexibility index (Phi) is 16.3. The Morgan fingerprint density at radius 1 is 0.958 bits per heavy atom. The molecule has 5 heteroatoms. The van der Waals surface area contributed by atoms with Gasteiger partial charge < -0.3 is 15.7 Å². The molecule has 0 aromatic carbocycles. The molecule has 0 aliphatic heterocycles. The topological polar surface area (TPSA) is 86.4 Å². The van der Waals surface area contributed by atoms with Gasteiger partial charge in [0.15, 0.2) is 0 Å². The predicted molar refractivity (Wildman–Crippen MR) is 101 cm³/mol. The smallest absolute Gasteiger partial charge is 0.318 e. The molecule has 0 bridgehead atoms. The van der Waals surface area contributed by atoms with Gasteiger partial charge in [0.05, 0.1) is 5.92 Å². The van der Waals surface area contributed by atoms with Crippen molar-refractivity contribution in [2.75, 3.05) is 0 Å². The molecular weight excluding hydrogens is 302 g/mol. The number of rotatable bonds is 17. The summed E-state index contributed by atoms with van der Waals surface area (Å²) in [6.07, 6.45) is 17.8. The van der Waals surface area contributed by atoms with Crippen molar-refractivity contribution in [3.05, 3.63) is 12.7 Å². The largest absolute Gasteiger partial charge is 0.338 e. The monoisotopic (exact) mass is 335 g/mol. The van der Waals surface area contributed by atoms with Crippen LogP contribution in [0.1, 0.15) is 77.0 Å². The molecule has 0 heterocycles. The molecule has 0 amide bonds. The third kappa shape index (κ3) is 13.9. The molecule has 1 unspecified atom stereocenters. The van der Waals surface area contributed by atoms with Gasteiger partial charge in [-0.15, -0.1) is 6.58 Å². The first-order valence-electron chi connectivity index (χ1n) is 9.07. The molecule has 0 aromatic heterocycles. The maximum Gasteiger partial charge on any atom is 0.338 e. The van der Waals surface area contributed by atoms with Crippen molar-refractivity contribution in [1.82, 2.24) is 0 Å². The fraction of sp³-hybridized carbons (Fsp3) is 0.684. The number of carbonyl (C=O) groups is 1. The second-order valence-electron chi connectivity index (χ2n) is 5.96. The first-order valence-corrected chi connectivity index (χ1v) is 9.07. The molecule has 0 rings (SSSR count). The van der Waals surface area contributed by atoms with Gasteiger partial charge >= 0.3 is 5.97 Å². The molecule has 0 spiro atoms. The predicted octanol–water partition coefficient (Wildman–Crippen LogP) is 5.30. The van der Waals surface area contributed by atoms with Crippen LogP contribution in [0, 0.1) is 16.7 Å². The van der Waals surface area contributed by atoms with E-state index in [1.54, 1.807) is 6.21 Å². The standard InChI is InChI=1S/C19H33N3O2/c1-2-3-4-5-6-7-8-9-12-17-22-24-19(23)18(14-16-21)13-10-11-15-20/h2,15-18,20-21H,1,3-14H2/b20-15?,21-16?,22-17-. The maximum absolute atomic E-state index is 11.9. The van der Waals surface area contributed by atoms with Crippen LogP contribution in [-0.2, 0) is 9.63 Å². The summed E-state index contributed by atoms with van der Waals surface area (Å²) in [4.78, 5) is 16.8. The van der Waals surface area contributed by atoms with Crippen LogP contribution in [0.25, 0.3) is 0 Å². The number of nitrogens with one attached hydrogen (secondary N) is 2. The Bertz CT molecular complexity index is 381. The zero-order chi connectivity index (χ0) is 17.9. The van der Waals surface area contributed by atoms with Gasteiger partial charge in [0.1, 0.15) is 0 Å². The summed E-state index contributed by atoms with van der Waals surface area (Å²) in [6, 6.07) is 0. The molecule has 1 atom stereocenters. The van der Waals surface area contributed by atoms with Crippen LogP contribution in [0.15, 0.2) is 17.8 Å². The van der Waals surface area contributed by atoms with E-state index in [-0.39, 0.29) is 11.9 Å². The van der Waals surface area contributed by atoms with E-state index in [1.165, 1.54) is 44.5 Å². The Hall–Kier alpha value is -1.78. The summed E-state index contributed by atoms with van der Waals surface area (Å²) in [5.74, 6) is -0.697. The molecule has 0 fully saturated rings. The molecule has 0 saturated heterocycles. The minimum atomic E-state index is -0.373. The average molecular weight is 335 g/mol. The fourth-order valence-corrected chi connectivity index (χ4v) is 2.39. The molecule has 0 aromatic rings. The number of carbonyl (C=O) groups excluding carboxylic acids is 1. The first-order chi connectivity index (χ1) is 11.8. The van der Waals surface area contributed by atoms with E-state index in [4.69, 9.17) is 15.7 Å². The lowest BCUT2D eigenvalue weighted by molar-refractivity contribution is -0.148. The van der Waals surface area contributed by atoms with E-state index in [2.05, 4.69) is 11.7 Å². The Morgan fingerprint density at radius 2 is 1.62 bits per heavy atom. The first kappa shape index (κ1) is 22.2. The highest BCUT2D eigenvalue weighted by Gasteiger charge is 2.18. The van der Waals surface area contributed by atoms with Gasteiger partial charge in [-0.1, -0.05) is 36.9 Å². The Labute approximate surface area is 146 Å². The summed E-state index contributed by atoms with van der Waals surface area (Å²) in [6.45, 7) is 3.72. The number of allylic oxidation sites excluding steroid dienone is 1. The van der Waals surface area contributed by atoms with Gasteiger partial charge in [0, 0.05) is 6.21 Å². The number of unbranched alkanes of at least 4 members (excludes halogenated alkanes) is 8. The average Bonchev–Trinajstić information content (AvgIpc) is 2.59. The van der Waals surface area contributed by atoms with Crippen molar-refractivity contribution in [3.63, 3.8) is 0 Å². The zero-order valence-electron chi connectivity index (χ0n) is 14.8. The lowest BCUT2D eigenvalue weighted by Crippen LogP contribution is -2.16. The molecule has 2 N–H and O–H groups in total. The van der Waals surface area contributed by atoms with E-state index in [0.717, 1.165) is 25.7 Å². The third-order valence-electron chi connectivity index (χ3n) is 3.85. The highest BCUT2D eigenvalue weighted by molar-refractivity contribution is 5.76. The van der Waals surface area contributed by atoms with Crippen LogP contribution >= 0.6 is 0 Å². The van der Waals surface area contributed by atoms with Crippen molar-refractivity contribution in [1.29, 1.82) is 10.8 Å². The van der Waals surface area contributed by atoms with E-state index >= 15 is 0 Å². The van der Waals surface area contributed by atoms with Crippen molar-refractivity contribution in [2.24, 2.45) is 11.1 Å². The zero-order valence-corrected chi connectivity index (χ0v) is 14.8. The summed E-state index contributed by atoms with van der Waals surface area (Å²) < 4.78 is 0. The second-order valence-corrected chi connectivity index (χ2v) is 5.96. The van der Waals surface area contributed by atoms with Crippen molar-refractivity contribution < 1.29 is 9.63 Å². The molecule has 0 aliphatic rings. The maximum atomic E-state index is 11.9. The normalized spacial score (nSPS) is 12.0. The van der Waals surface area contributed by atoms with E-state index in [9.17, 15) is 4.79 Å². The van der Waals surface area contributed by atoms with Gasteiger partial charge in [-0.25, -0.2) is 4.79 Å². The van der Waals surface area contributed by atoms with Crippen LogP contribution < -0.4 is 0 Å². The summed E-state index contributed by atoms with van der Waals surface area (Å²) in [5.41, 5.74) is 0. The van der Waals surface area contributed by atoms with E-state index in [1.807, 2.05) is 6.08 Å². The number of hydrogen-bond donors (Lipinski definition) is 2. The molecule has 0 saturated carbocycles. The summed E-state index contributed by atoms with van der Waals surface area (Å²) >= 11 is 0. The van der Waals surface area contributed by atoms with Crippen molar-refractivity contribution in [2.45, 2.75) is 77.0 Å². The summed E-state index contributed by atoms with van der Waals surface area (Å²) in [7, 11) is 0. The molecule has 136 valence electrons. The highest BCUT2D eigenvalue weighted by Crippen LogP contribution is 2.13. The lowest BCUT2D eigenvalue weighted by atomic mass is 9.99. The molecular formula is C19H33N3O2. The van der Waals surface area contributed by atoms with Gasteiger partial charge in [-0.3, -0.25) is 0 Å². The van der Waals surface area contributed by atoms with Crippen LogP contribution in [0.4, 0.5) is 0 Å². The lowest BCUT2D eigenvalue weighted by Gasteiger charge is -2.10. The third-order valence-corrected chi connectivity index (χ3v) is 3.85. The fourth-order valence-electron chi connectivity index (χ4n) is 2.39. The van der Waals surface area contributed by atoms with Gasteiger partial charge in [-0.05, 0) is 63.8 Å². The minimum Gasteiger partial charge on any atom is -0.318 e. The number of oxime groups is 1. The van der Waals surface area contributed by atoms with E-state index < -0.39 is 0 Å².